The van der Waals surface area contributed by atoms with E-state index in [1.54, 1.807) is 4.90 Å². The Morgan fingerprint density at radius 1 is 1.05 bits per heavy atom. The second-order valence-electron chi connectivity index (χ2n) is 11.4. The number of likely N-dealkylation sites (tertiary alicyclic amines) is 1. The largest absolute Gasteiger partial charge is 0.489 e. The van der Waals surface area contributed by atoms with Crippen molar-refractivity contribution in [3.05, 3.63) is 65.7 Å². The highest BCUT2D eigenvalue weighted by molar-refractivity contribution is 5.69. The van der Waals surface area contributed by atoms with Crippen LogP contribution < -0.4 is 10.5 Å². The van der Waals surface area contributed by atoms with E-state index in [-0.39, 0.29) is 12.7 Å². The fourth-order valence-electron chi connectivity index (χ4n) is 5.39. The molecule has 4 rings (SSSR count). The van der Waals surface area contributed by atoms with E-state index in [0.717, 1.165) is 37.0 Å². The minimum Gasteiger partial charge on any atom is -0.489 e. The van der Waals surface area contributed by atoms with Gasteiger partial charge in [0.15, 0.2) is 0 Å². The number of ether oxygens (including phenoxy) is 3. The zero-order valence-corrected chi connectivity index (χ0v) is 22.4. The molecule has 0 bridgehead atoms. The molecule has 2 aromatic rings. The van der Waals surface area contributed by atoms with Crippen LogP contribution in [0.4, 0.5) is 4.79 Å². The lowest BCUT2D eigenvalue weighted by molar-refractivity contribution is -0.0296. The fraction of sp³-hybridized carbons (Fsp3) is 0.567. The summed E-state index contributed by atoms with van der Waals surface area (Å²) < 4.78 is 18.1. The Morgan fingerprint density at radius 2 is 1.73 bits per heavy atom. The number of nitrogens with two attached hydrogens (primary N) is 1. The van der Waals surface area contributed by atoms with Gasteiger partial charge in [0.05, 0.1) is 30.9 Å². The maximum absolute atomic E-state index is 12.8. The van der Waals surface area contributed by atoms with Gasteiger partial charge < -0.3 is 30.0 Å². The predicted octanol–water partition coefficient (Wildman–Crippen LogP) is 5.01. The van der Waals surface area contributed by atoms with Gasteiger partial charge in [-0.25, -0.2) is 4.79 Å². The van der Waals surface area contributed by atoms with Gasteiger partial charge in [-0.05, 0) is 76.0 Å². The van der Waals surface area contributed by atoms with Crippen LogP contribution in [0.2, 0.25) is 0 Å². The number of rotatable bonds is 8. The van der Waals surface area contributed by atoms with Gasteiger partial charge in [0.25, 0.3) is 0 Å². The Bertz CT molecular complexity index is 1020. The molecule has 37 heavy (non-hydrogen) atoms. The van der Waals surface area contributed by atoms with Gasteiger partial charge in [0.1, 0.15) is 18.0 Å². The number of hydrogen-bond donors (Lipinski definition) is 2. The van der Waals surface area contributed by atoms with Crippen LogP contribution in [0.25, 0.3) is 0 Å². The van der Waals surface area contributed by atoms with Gasteiger partial charge in [0, 0.05) is 6.54 Å². The lowest BCUT2D eigenvalue weighted by Crippen LogP contribution is -2.58. The van der Waals surface area contributed by atoms with Crippen LogP contribution in [0.3, 0.4) is 0 Å². The monoisotopic (exact) mass is 510 g/mol. The van der Waals surface area contributed by atoms with E-state index in [9.17, 15) is 9.90 Å². The third-order valence-electron chi connectivity index (χ3n) is 7.54. The molecule has 3 N–H and O–H groups in total. The van der Waals surface area contributed by atoms with Gasteiger partial charge >= 0.3 is 6.09 Å². The molecule has 7 nitrogen and oxygen atoms in total. The van der Waals surface area contributed by atoms with E-state index >= 15 is 0 Å². The summed E-state index contributed by atoms with van der Waals surface area (Å²) in [5.74, 6) is 1.37. The average Bonchev–Trinajstić information content (AvgIpc) is 3.23. The van der Waals surface area contributed by atoms with Crippen LogP contribution in [-0.4, -0.2) is 59.1 Å². The number of benzene rings is 2. The summed E-state index contributed by atoms with van der Waals surface area (Å²) in [6, 6.07) is 18.1. The van der Waals surface area contributed by atoms with Crippen molar-refractivity contribution in [1.82, 2.24) is 4.90 Å². The molecule has 0 spiro atoms. The van der Waals surface area contributed by atoms with Gasteiger partial charge in [-0.3, -0.25) is 0 Å². The molecule has 1 amide bonds. The zero-order valence-electron chi connectivity index (χ0n) is 22.4. The van der Waals surface area contributed by atoms with Crippen LogP contribution >= 0.6 is 0 Å². The maximum atomic E-state index is 12.8. The van der Waals surface area contributed by atoms with Crippen molar-refractivity contribution < 1.29 is 24.1 Å². The standard InChI is InChI=1S/C30H42N2O5/c1-29(2,3)37-28(34)32-18-17-30(31,21-33)27(32)20-35-24-15-13-23(14-16-24)25-11-7-8-12-26(25)36-19-22-9-5-4-6-10-22/h4-12,23-24,27,33H,13-21,31H2,1-3H3/t23-,24+,27?,30?. The number of hydrogen-bond acceptors (Lipinski definition) is 6. The minimum absolute atomic E-state index is 0.0951. The molecule has 2 fully saturated rings. The summed E-state index contributed by atoms with van der Waals surface area (Å²) in [5, 5.41) is 10.00. The van der Waals surface area contributed by atoms with E-state index in [1.165, 1.54) is 5.56 Å². The smallest absolute Gasteiger partial charge is 0.410 e. The lowest BCUT2D eigenvalue weighted by Gasteiger charge is -2.36. The number of para-hydroxylation sites is 1. The van der Waals surface area contributed by atoms with Gasteiger partial charge in [-0.15, -0.1) is 0 Å². The number of amides is 1. The molecular weight excluding hydrogens is 468 g/mol. The zero-order chi connectivity index (χ0) is 26.5. The molecular formula is C30H42N2O5. The van der Waals surface area contributed by atoms with E-state index in [2.05, 4.69) is 30.3 Å². The highest BCUT2D eigenvalue weighted by Gasteiger charge is 2.48. The van der Waals surface area contributed by atoms with Crippen LogP contribution in [0, 0.1) is 0 Å². The molecule has 1 aliphatic carbocycles. The molecule has 1 aliphatic heterocycles. The summed E-state index contributed by atoms with van der Waals surface area (Å²) in [4.78, 5) is 14.4. The normalized spacial score (nSPS) is 26.2. The summed E-state index contributed by atoms with van der Waals surface area (Å²) in [6.07, 6.45) is 4.06. The molecule has 2 aliphatic rings. The van der Waals surface area contributed by atoms with Gasteiger partial charge in [-0.2, -0.15) is 0 Å². The van der Waals surface area contributed by atoms with E-state index in [1.807, 2.05) is 45.0 Å². The molecule has 7 heteroatoms. The summed E-state index contributed by atoms with van der Waals surface area (Å²) in [7, 11) is 0. The molecule has 1 saturated carbocycles. The Hall–Kier alpha value is -2.61. The molecule has 2 unspecified atom stereocenters. The number of aliphatic hydroxyl groups is 1. The van der Waals surface area contributed by atoms with Crippen LogP contribution in [0.5, 0.6) is 5.75 Å². The van der Waals surface area contributed by atoms with Crippen LogP contribution in [-0.2, 0) is 16.1 Å². The summed E-state index contributed by atoms with van der Waals surface area (Å²) >= 11 is 0. The molecule has 0 radical (unpaired) electrons. The van der Waals surface area contributed by atoms with Gasteiger partial charge in [0.2, 0.25) is 0 Å². The molecule has 0 aromatic heterocycles. The predicted molar refractivity (Wildman–Crippen MR) is 144 cm³/mol. The molecule has 2 aromatic carbocycles. The lowest BCUT2D eigenvalue weighted by atomic mass is 9.82. The Labute approximate surface area is 220 Å². The van der Waals surface area contributed by atoms with Crippen molar-refractivity contribution in [3.8, 4) is 5.75 Å². The number of carbonyl (C=O) groups is 1. The number of nitrogens with zero attached hydrogens (tertiary/aromatic N) is 1. The van der Waals surface area contributed by atoms with Crippen molar-refractivity contribution in [2.45, 2.75) is 88.7 Å². The van der Waals surface area contributed by atoms with Crippen molar-refractivity contribution >= 4 is 6.09 Å². The fourth-order valence-corrected chi connectivity index (χ4v) is 5.39. The van der Waals surface area contributed by atoms with Crippen LogP contribution in [0.1, 0.15) is 69.9 Å². The Kier molecular flexibility index (Phi) is 8.78. The topological polar surface area (TPSA) is 94.3 Å². The van der Waals surface area contributed by atoms with Crippen molar-refractivity contribution in [2.75, 3.05) is 19.8 Å². The summed E-state index contributed by atoms with van der Waals surface area (Å²) in [6.45, 7) is 6.63. The highest BCUT2D eigenvalue weighted by Crippen LogP contribution is 2.39. The molecule has 2 atom stereocenters. The first-order valence-corrected chi connectivity index (χ1v) is 13.4. The van der Waals surface area contributed by atoms with Gasteiger partial charge in [-0.1, -0.05) is 48.5 Å². The number of aliphatic hydroxyl groups excluding tert-OH is 1. The second kappa shape index (κ2) is 11.8. The van der Waals surface area contributed by atoms with E-state index < -0.39 is 23.3 Å². The maximum Gasteiger partial charge on any atom is 0.410 e. The first kappa shape index (κ1) is 27.4. The first-order valence-electron chi connectivity index (χ1n) is 13.4. The molecule has 1 saturated heterocycles. The second-order valence-corrected chi connectivity index (χ2v) is 11.4. The van der Waals surface area contributed by atoms with Crippen molar-refractivity contribution in [2.24, 2.45) is 5.73 Å². The Balaban J connectivity index is 1.32. The van der Waals surface area contributed by atoms with E-state index in [4.69, 9.17) is 19.9 Å². The quantitative estimate of drug-likeness (QED) is 0.519. The third-order valence-corrected chi connectivity index (χ3v) is 7.54. The minimum atomic E-state index is -0.886. The third kappa shape index (κ3) is 7.03. The SMILES string of the molecule is CC(C)(C)OC(=O)N1CCC(N)(CO)C1CO[C@H]1CC[C@@H](c2ccccc2OCc2ccccc2)CC1. The molecule has 1 heterocycles. The van der Waals surface area contributed by atoms with Crippen LogP contribution in [0.15, 0.2) is 54.6 Å². The highest BCUT2D eigenvalue weighted by atomic mass is 16.6. The number of carbonyl (C=O) groups excluding carboxylic acids is 1. The molecule has 202 valence electrons. The summed E-state index contributed by atoms with van der Waals surface area (Å²) in [5.41, 5.74) is 7.43. The first-order chi connectivity index (χ1) is 17.7. The van der Waals surface area contributed by atoms with E-state index in [0.29, 0.717) is 32.1 Å². The van der Waals surface area contributed by atoms with Crippen molar-refractivity contribution in [3.63, 3.8) is 0 Å². The van der Waals surface area contributed by atoms with Crippen molar-refractivity contribution in [1.29, 1.82) is 0 Å². The average molecular weight is 511 g/mol. The Morgan fingerprint density at radius 3 is 2.41 bits per heavy atom.